The lowest BCUT2D eigenvalue weighted by Gasteiger charge is -2.12. The molecule has 1 unspecified atom stereocenters. The van der Waals surface area contributed by atoms with E-state index >= 15 is 0 Å². The Morgan fingerprint density at radius 3 is 2.75 bits per heavy atom. The lowest BCUT2D eigenvalue weighted by molar-refractivity contribution is -0.117. The maximum absolute atomic E-state index is 11.6. The van der Waals surface area contributed by atoms with Crippen molar-refractivity contribution in [1.82, 2.24) is 9.97 Å². The molecule has 1 atom stereocenters. The standard InChI is InChI=1S/C12H12N2O2/c1-8(15)11(12-13-6-7-14-12)9-4-2-3-5-10(9)16/h2-7,11,16H,1H3,(H,13,14). The van der Waals surface area contributed by atoms with E-state index in [1.165, 1.54) is 6.92 Å². The fraction of sp³-hybridized carbons (Fsp3) is 0.167. The molecule has 0 aliphatic carbocycles. The summed E-state index contributed by atoms with van der Waals surface area (Å²) < 4.78 is 0. The molecule has 1 heterocycles. The SMILES string of the molecule is CC(=O)C(c1ncc[nH]1)c1ccccc1O. The molecule has 16 heavy (non-hydrogen) atoms. The van der Waals surface area contributed by atoms with Gasteiger partial charge in [-0.2, -0.15) is 0 Å². The van der Waals surface area contributed by atoms with Crippen molar-refractivity contribution < 1.29 is 9.90 Å². The molecular weight excluding hydrogens is 204 g/mol. The van der Waals surface area contributed by atoms with Crippen LogP contribution in [0, 0.1) is 0 Å². The van der Waals surface area contributed by atoms with Crippen LogP contribution in [-0.4, -0.2) is 20.9 Å². The molecule has 0 amide bonds. The second-order valence-corrected chi connectivity index (χ2v) is 3.58. The highest BCUT2D eigenvalue weighted by Crippen LogP contribution is 2.29. The third-order valence-corrected chi connectivity index (χ3v) is 2.45. The Morgan fingerprint density at radius 2 is 2.19 bits per heavy atom. The van der Waals surface area contributed by atoms with Crippen molar-refractivity contribution in [3.63, 3.8) is 0 Å². The molecule has 2 N–H and O–H groups in total. The molecule has 4 heteroatoms. The average molecular weight is 216 g/mol. The highest BCUT2D eigenvalue weighted by atomic mass is 16.3. The van der Waals surface area contributed by atoms with Crippen molar-refractivity contribution in [2.75, 3.05) is 0 Å². The van der Waals surface area contributed by atoms with Gasteiger partial charge in [0.1, 0.15) is 23.3 Å². The topological polar surface area (TPSA) is 66.0 Å². The van der Waals surface area contributed by atoms with E-state index in [0.29, 0.717) is 11.4 Å². The van der Waals surface area contributed by atoms with Crippen LogP contribution in [0.3, 0.4) is 0 Å². The number of phenolic OH excluding ortho intramolecular Hbond substituents is 1. The van der Waals surface area contributed by atoms with E-state index in [4.69, 9.17) is 0 Å². The van der Waals surface area contributed by atoms with E-state index in [-0.39, 0.29) is 11.5 Å². The number of imidazole rings is 1. The van der Waals surface area contributed by atoms with E-state index in [1.54, 1.807) is 36.7 Å². The van der Waals surface area contributed by atoms with Gasteiger partial charge in [-0.15, -0.1) is 0 Å². The Kier molecular flexibility index (Phi) is 2.72. The monoisotopic (exact) mass is 216 g/mol. The van der Waals surface area contributed by atoms with E-state index in [9.17, 15) is 9.90 Å². The Morgan fingerprint density at radius 1 is 1.44 bits per heavy atom. The largest absolute Gasteiger partial charge is 0.508 e. The number of aromatic amines is 1. The summed E-state index contributed by atoms with van der Waals surface area (Å²) in [7, 11) is 0. The molecule has 82 valence electrons. The predicted molar refractivity (Wildman–Crippen MR) is 59.2 cm³/mol. The van der Waals surface area contributed by atoms with Crippen molar-refractivity contribution in [2.45, 2.75) is 12.8 Å². The molecular formula is C12H12N2O2. The minimum Gasteiger partial charge on any atom is -0.508 e. The quantitative estimate of drug-likeness (QED) is 0.822. The van der Waals surface area contributed by atoms with Crippen LogP contribution in [0.15, 0.2) is 36.7 Å². The molecule has 2 rings (SSSR count). The van der Waals surface area contributed by atoms with Crippen LogP contribution in [0.2, 0.25) is 0 Å². The average Bonchev–Trinajstić information content (AvgIpc) is 2.74. The number of aromatic hydroxyl groups is 1. The van der Waals surface area contributed by atoms with Crippen molar-refractivity contribution in [3.8, 4) is 5.75 Å². The number of hydrogen-bond acceptors (Lipinski definition) is 3. The summed E-state index contributed by atoms with van der Waals surface area (Å²) in [5, 5.41) is 9.73. The van der Waals surface area contributed by atoms with Gasteiger partial charge < -0.3 is 10.1 Å². The van der Waals surface area contributed by atoms with Crippen LogP contribution in [0.25, 0.3) is 0 Å². The van der Waals surface area contributed by atoms with Gasteiger partial charge in [0.25, 0.3) is 0 Å². The minimum absolute atomic E-state index is 0.0588. The van der Waals surface area contributed by atoms with Crippen LogP contribution in [0.1, 0.15) is 24.2 Å². The molecule has 2 aromatic rings. The molecule has 0 saturated carbocycles. The third kappa shape index (κ3) is 1.82. The summed E-state index contributed by atoms with van der Waals surface area (Å²) in [6.07, 6.45) is 3.25. The van der Waals surface area contributed by atoms with Crippen molar-refractivity contribution in [1.29, 1.82) is 0 Å². The summed E-state index contributed by atoms with van der Waals surface area (Å²) in [6.45, 7) is 1.49. The summed E-state index contributed by atoms with van der Waals surface area (Å²) in [4.78, 5) is 18.6. The molecule has 0 aliphatic heterocycles. The van der Waals surface area contributed by atoms with Gasteiger partial charge in [0, 0.05) is 18.0 Å². The highest BCUT2D eigenvalue weighted by Gasteiger charge is 2.23. The summed E-state index contributed by atoms with van der Waals surface area (Å²) in [5.74, 6) is 0.0701. The van der Waals surface area contributed by atoms with E-state index in [0.717, 1.165) is 0 Å². The van der Waals surface area contributed by atoms with Gasteiger partial charge in [-0.05, 0) is 13.0 Å². The van der Waals surface area contributed by atoms with Gasteiger partial charge in [0.05, 0.1) is 0 Å². The first-order chi connectivity index (χ1) is 7.70. The molecule has 1 aromatic heterocycles. The first-order valence-corrected chi connectivity index (χ1v) is 4.97. The zero-order chi connectivity index (χ0) is 11.5. The number of hydrogen-bond donors (Lipinski definition) is 2. The number of aromatic nitrogens is 2. The number of rotatable bonds is 3. The van der Waals surface area contributed by atoms with E-state index in [1.807, 2.05) is 0 Å². The van der Waals surface area contributed by atoms with Crippen molar-refractivity contribution >= 4 is 5.78 Å². The minimum atomic E-state index is -0.531. The Hall–Kier alpha value is -2.10. The molecule has 0 bridgehead atoms. The Labute approximate surface area is 93.0 Å². The lowest BCUT2D eigenvalue weighted by Crippen LogP contribution is -2.12. The van der Waals surface area contributed by atoms with Crippen LogP contribution in [0.5, 0.6) is 5.75 Å². The van der Waals surface area contributed by atoms with Gasteiger partial charge in [-0.25, -0.2) is 4.98 Å². The maximum atomic E-state index is 11.6. The molecule has 4 nitrogen and oxygen atoms in total. The molecule has 1 aromatic carbocycles. The highest BCUT2D eigenvalue weighted by molar-refractivity contribution is 5.86. The number of Topliss-reactive ketones (excluding diaryl/α,β-unsaturated/α-hetero) is 1. The van der Waals surface area contributed by atoms with E-state index in [2.05, 4.69) is 9.97 Å². The zero-order valence-electron chi connectivity index (χ0n) is 8.84. The first kappa shape index (κ1) is 10.4. The smallest absolute Gasteiger partial charge is 0.144 e. The number of carbonyl (C=O) groups excluding carboxylic acids is 1. The van der Waals surface area contributed by atoms with Gasteiger partial charge in [0.2, 0.25) is 0 Å². The normalized spacial score (nSPS) is 12.3. The molecule has 0 aliphatic rings. The fourth-order valence-corrected chi connectivity index (χ4v) is 1.73. The lowest BCUT2D eigenvalue weighted by atomic mass is 9.94. The number of para-hydroxylation sites is 1. The second kappa shape index (κ2) is 4.18. The van der Waals surface area contributed by atoms with E-state index < -0.39 is 5.92 Å². The van der Waals surface area contributed by atoms with Gasteiger partial charge >= 0.3 is 0 Å². The van der Waals surface area contributed by atoms with Crippen LogP contribution >= 0.6 is 0 Å². The van der Waals surface area contributed by atoms with Gasteiger partial charge in [-0.1, -0.05) is 18.2 Å². The molecule has 0 radical (unpaired) electrons. The molecule has 0 spiro atoms. The summed E-state index contributed by atoms with van der Waals surface area (Å²) in [5.41, 5.74) is 0.574. The zero-order valence-corrected chi connectivity index (χ0v) is 8.84. The predicted octanol–water partition coefficient (Wildman–Crippen LogP) is 1.84. The summed E-state index contributed by atoms with van der Waals surface area (Å²) in [6, 6.07) is 6.80. The van der Waals surface area contributed by atoms with Crippen molar-refractivity contribution in [3.05, 3.63) is 48.0 Å². The van der Waals surface area contributed by atoms with Gasteiger partial charge in [0.15, 0.2) is 0 Å². The maximum Gasteiger partial charge on any atom is 0.144 e. The van der Waals surface area contributed by atoms with Crippen LogP contribution in [0.4, 0.5) is 0 Å². The number of H-pyrrole nitrogens is 1. The van der Waals surface area contributed by atoms with Crippen molar-refractivity contribution in [2.24, 2.45) is 0 Å². The molecule has 0 fully saturated rings. The third-order valence-electron chi connectivity index (χ3n) is 2.45. The number of carbonyl (C=O) groups is 1. The molecule has 0 saturated heterocycles. The van der Waals surface area contributed by atoms with Crippen LogP contribution in [-0.2, 0) is 4.79 Å². The Bertz CT molecular complexity index is 491. The van der Waals surface area contributed by atoms with Crippen LogP contribution < -0.4 is 0 Å². The fourth-order valence-electron chi connectivity index (χ4n) is 1.73. The number of nitrogens with zero attached hydrogens (tertiary/aromatic N) is 1. The summed E-state index contributed by atoms with van der Waals surface area (Å²) >= 11 is 0. The first-order valence-electron chi connectivity index (χ1n) is 4.97. The Balaban J connectivity index is 2.50. The number of phenols is 1. The second-order valence-electron chi connectivity index (χ2n) is 3.58. The number of benzene rings is 1. The van der Waals surface area contributed by atoms with Gasteiger partial charge in [-0.3, -0.25) is 4.79 Å². The number of nitrogens with one attached hydrogen (secondary N) is 1. The number of ketones is 1.